The second-order valence-electron chi connectivity index (χ2n) is 2.77. The Labute approximate surface area is 77.0 Å². The van der Waals surface area contributed by atoms with E-state index >= 15 is 0 Å². The summed E-state index contributed by atoms with van der Waals surface area (Å²) in [6, 6.07) is 0. The molecule has 1 N–H and O–H groups in total. The van der Waals surface area contributed by atoms with E-state index < -0.39 is 0 Å². The first kappa shape index (κ1) is 9.58. The van der Waals surface area contributed by atoms with Crippen LogP contribution < -0.4 is 0 Å². The molecule has 3 nitrogen and oxygen atoms in total. The molecule has 0 spiro atoms. The molecule has 0 fully saturated rings. The van der Waals surface area contributed by atoms with Gasteiger partial charge in [0, 0.05) is 6.08 Å². The fraction of sp³-hybridized carbons (Fsp3) is 0.300. The molecular formula is C10H12O3. The Balaban J connectivity index is 2.45. The van der Waals surface area contributed by atoms with Gasteiger partial charge in [-0.1, -0.05) is 12.2 Å². The predicted molar refractivity (Wildman–Crippen MR) is 49.1 cm³/mol. The van der Waals surface area contributed by atoms with Gasteiger partial charge in [0.1, 0.15) is 5.76 Å². The molecule has 0 bridgehead atoms. The molecule has 70 valence electrons. The molecule has 1 unspecified atom stereocenters. The van der Waals surface area contributed by atoms with Gasteiger partial charge in [0.2, 0.25) is 0 Å². The number of rotatable bonds is 2. The van der Waals surface area contributed by atoms with E-state index in [2.05, 4.69) is 4.74 Å². The van der Waals surface area contributed by atoms with Gasteiger partial charge in [-0.05, 0) is 24.5 Å². The standard InChI is InChI=1S/C10H12O3/c1-13-10(12)7-4-8-2-5-9(11)6-3-8/h2,4-8,11H,3H2,1H3. The van der Waals surface area contributed by atoms with Crippen molar-refractivity contribution in [3.05, 3.63) is 36.1 Å². The number of methoxy groups -OCH3 is 1. The lowest BCUT2D eigenvalue weighted by atomic mass is 10.00. The Morgan fingerprint density at radius 2 is 2.54 bits per heavy atom. The molecule has 0 saturated carbocycles. The van der Waals surface area contributed by atoms with Crippen molar-refractivity contribution in [2.45, 2.75) is 6.42 Å². The summed E-state index contributed by atoms with van der Waals surface area (Å²) in [5, 5.41) is 9.01. The van der Waals surface area contributed by atoms with Gasteiger partial charge in [0.15, 0.2) is 0 Å². The van der Waals surface area contributed by atoms with Gasteiger partial charge >= 0.3 is 5.97 Å². The van der Waals surface area contributed by atoms with E-state index in [0.717, 1.165) is 6.42 Å². The average Bonchev–Trinajstić information content (AvgIpc) is 2.16. The number of carbonyl (C=O) groups excluding carboxylic acids is 1. The highest BCUT2D eigenvalue weighted by Crippen LogP contribution is 2.15. The third kappa shape index (κ3) is 3.15. The fourth-order valence-electron chi connectivity index (χ4n) is 1.04. The zero-order valence-corrected chi connectivity index (χ0v) is 7.43. The molecule has 1 atom stereocenters. The van der Waals surface area contributed by atoms with Crippen molar-refractivity contribution in [2.24, 2.45) is 5.92 Å². The highest BCUT2D eigenvalue weighted by atomic mass is 16.5. The second kappa shape index (κ2) is 4.50. The normalized spacial score (nSPS) is 21.6. The van der Waals surface area contributed by atoms with Gasteiger partial charge in [-0.2, -0.15) is 0 Å². The van der Waals surface area contributed by atoms with Crippen molar-refractivity contribution in [3.63, 3.8) is 0 Å². The minimum atomic E-state index is -0.354. The first-order valence-corrected chi connectivity index (χ1v) is 4.06. The van der Waals surface area contributed by atoms with Gasteiger partial charge in [-0.15, -0.1) is 0 Å². The number of aliphatic hydroxyl groups is 1. The Hall–Kier alpha value is -1.51. The lowest BCUT2D eigenvalue weighted by Crippen LogP contribution is -1.99. The van der Waals surface area contributed by atoms with Crippen LogP contribution in [-0.4, -0.2) is 18.2 Å². The molecule has 0 amide bonds. The summed E-state index contributed by atoms with van der Waals surface area (Å²) in [6.45, 7) is 0. The largest absolute Gasteiger partial charge is 0.508 e. The Morgan fingerprint density at radius 1 is 1.77 bits per heavy atom. The van der Waals surface area contributed by atoms with Gasteiger partial charge in [0.05, 0.1) is 7.11 Å². The average molecular weight is 180 g/mol. The Kier molecular flexibility index (Phi) is 3.31. The molecule has 13 heavy (non-hydrogen) atoms. The minimum Gasteiger partial charge on any atom is -0.508 e. The van der Waals surface area contributed by atoms with Crippen LogP contribution >= 0.6 is 0 Å². The molecule has 1 rings (SSSR count). The first-order valence-electron chi connectivity index (χ1n) is 4.06. The zero-order chi connectivity index (χ0) is 9.68. The quantitative estimate of drug-likeness (QED) is 0.520. The molecule has 3 heteroatoms. The topological polar surface area (TPSA) is 46.5 Å². The molecule has 0 saturated heterocycles. The number of ether oxygens (including phenoxy) is 1. The van der Waals surface area contributed by atoms with E-state index in [9.17, 15) is 4.79 Å². The highest BCUT2D eigenvalue weighted by molar-refractivity contribution is 5.81. The van der Waals surface area contributed by atoms with E-state index in [4.69, 9.17) is 5.11 Å². The lowest BCUT2D eigenvalue weighted by Gasteiger charge is -2.08. The number of allylic oxidation sites excluding steroid dienone is 4. The zero-order valence-electron chi connectivity index (χ0n) is 7.43. The summed E-state index contributed by atoms with van der Waals surface area (Å²) in [6.07, 6.45) is 9.04. The van der Waals surface area contributed by atoms with Crippen LogP contribution in [0.25, 0.3) is 0 Å². The summed E-state index contributed by atoms with van der Waals surface area (Å²) >= 11 is 0. The van der Waals surface area contributed by atoms with Crippen LogP contribution in [0.2, 0.25) is 0 Å². The van der Waals surface area contributed by atoms with Crippen molar-refractivity contribution < 1.29 is 14.6 Å². The number of hydrogen-bond acceptors (Lipinski definition) is 3. The number of esters is 1. The number of carbonyl (C=O) groups is 1. The van der Waals surface area contributed by atoms with Crippen molar-refractivity contribution in [1.29, 1.82) is 0 Å². The molecule has 0 aromatic rings. The maximum Gasteiger partial charge on any atom is 0.330 e. The minimum absolute atomic E-state index is 0.176. The van der Waals surface area contributed by atoms with Crippen LogP contribution in [0.5, 0.6) is 0 Å². The molecule has 1 aliphatic carbocycles. The highest BCUT2D eigenvalue weighted by Gasteiger charge is 2.04. The SMILES string of the molecule is COC(=O)C=CC1C=CC(O)=CC1. The molecule has 0 heterocycles. The molecular weight excluding hydrogens is 168 g/mol. The summed E-state index contributed by atoms with van der Waals surface area (Å²) in [4.78, 5) is 10.7. The summed E-state index contributed by atoms with van der Waals surface area (Å²) in [5.74, 6) is 0.102. The van der Waals surface area contributed by atoms with E-state index in [-0.39, 0.29) is 17.6 Å². The molecule has 0 aliphatic heterocycles. The molecule has 0 radical (unpaired) electrons. The second-order valence-corrected chi connectivity index (χ2v) is 2.77. The van der Waals surface area contributed by atoms with Gasteiger partial charge in [0.25, 0.3) is 0 Å². The Bertz CT molecular complexity index is 274. The monoisotopic (exact) mass is 180 g/mol. The van der Waals surface area contributed by atoms with Crippen LogP contribution in [0, 0.1) is 5.92 Å². The van der Waals surface area contributed by atoms with Crippen molar-refractivity contribution in [1.82, 2.24) is 0 Å². The predicted octanol–water partition coefficient (Wildman–Crippen LogP) is 1.73. The van der Waals surface area contributed by atoms with Crippen molar-refractivity contribution >= 4 is 5.97 Å². The van der Waals surface area contributed by atoms with Crippen molar-refractivity contribution in [3.8, 4) is 0 Å². The smallest absolute Gasteiger partial charge is 0.330 e. The van der Waals surface area contributed by atoms with Gasteiger partial charge < -0.3 is 9.84 Å². The van der Waals surface area contributed by atoms with Crippen LogP contribution in [0.4, 0.5) is 0 Å². The van der Waals surface area contributed by atoms with E-state index in [0.29, 0.717) is 0 Å². The summed E-state index contributed by atoms with van der Waals surface area (Å²) in [7, 11) is 1.34. The molecule has 1 aliphatic rings. The van der Waals surface area contributed by atoms with Crippen LogP contribution in [0.15, 0.2) is 36.1 Å². The van der Waals surface area contributed by atoms with Crippen LogP contribution in [0.3, 0.4) is 0 Å². The fourth-order valence-corrected chi connectivity index (χ4v) is 1.04. The van der Waals surface area contributed by atoms with Gasteiger partial charge in [-0.3, -0.25) is 0 Å². The molecule has 0 aromatic carbocycles. The van der Waals surface area contributed by atoms with E-state index in [1.54, 1.807) is 18.2 Å². The molecule has 0 aromatic heterocycles. The third-order valence-corrected chi connectivity index (χ3v) is 1.79. The number of aliphatic hydroxyl groups excluding tert-OH is 1. The maximum atomic E-state index is 10.7. The van der Waals surface area contributed by atoms with Gasteiger partial charge in [-0.25, -0.2) is 4.79 Å². The lowest BCUT2D eigenvalue weighted by molar-refractivity contribution is -0.134. The third-order valence-electron chi connectivity index (χ3n) is 1.79. The first-order chi connectivity index (χ1) is 6.22. The Morgan fingerprint density at radius 3 is 3.08 bits per heavy atom. The van der Waals surface area contributed by atoms with E-state index in [1.165, 1.54) is 13.2 Å². The summed E-state index contributed by atoms with van der Waals surface area (Å²) < 4.78 is 4.45. The van der Waals surface area contributed by atoms with E-state index in [1.807, 2.05) is 6.08 Å². The van der Waals surface area contributed by atoms with Crippen LogP contribution in [-0.2, 0) is 9.53 Å². The maximum absolute atomic E-state index is 10.7. The van der Waals surface area contributed by atoms with Crippen molar-refractivity contribution in [2.75, 3.05) is 7.11 Å². The van der Waals surface area contributed by atoms with Crippen LogP contribution in [0.1, 0.15) is 6.42 Å². The number of hydrogen-bond donors (Lipinski definition) is 1. The summed E-state index contributed by atoms with van der Waals surface area (Å²) in [5.41, 5.74) is 0.